The quantitative estimate of drug-likeness (QED) is 0.222. The van der Waals surface area contributed by atoms with Gasteiger partial charge in [-0.25, -0.2) is 37.7 Å². The smallest absolute Gasteiger partial charge is 0.264 e. The van der Waals surface area contributed by atoms with Crippen LogP contribution in [-0.2, 0) is 10.0 Å². The highest BCUT2D eigenvalue weighted by molar-refractivity contribution is 7.93. The summed E-state index contributed by atoms with van der Waals surface area (Å²) in [4.78, 5) is 22.0. The Morgan fingerprint density at radius 2 is 1.64 bits per heavy atom. The van der Waals surface area contributed by atoms with E-state index in [4.69, 9.17) is 28.2 Å². The first kappa shape index (κ1) is 26.9. The molecule has 0 bridgehead atoms. The highest BCUT2D eigenvalue weighted by Crippen LogP contribution is 2.42. The van der Waals surface area contributed by atoms with E-state index in [0.29, 0.717) is 32.9 Å². The van der Waals surface area contributed by atoms with E-state index in [-0.39, 0.29) is 31.9 Å². The lowest BCUT2D eigenvalue weighted by Crippen LogP contribution is -2.15. The van der Waals surface area contributed by atoms with Crippen molar-refractivity contribution in [1.29, 1.82) is 0 Å². The third-order valence-corrected chi connectivity index (χ3v) is 8.90. The van der Waals surface area contributed by atoms with Crippen LogP contribution in [0.3, 0.4) is 0 Å². The second-order valence-corrected chi connectivity index (χ2v) is 11.5. The number of rotatable bonds is 7. The molecule has 0 aliphatic heterocycles. The Morgan fingerprint density at radius 1 is 0.949 bits per heavy atom. The van der Waals surface area contributed by atoms with Crippen molar-refractivity contribution in [3.05, 3.63) is 82.7 Å². The number of benzene rings is 2. The molecule has 0 aliphatic carbocycles. The molecule has 0 saturated heterocycles. The molecule has 0 fully saturated rings. The number of aromatic nitrogens is 5. The zero-order valence-corrected chi connectivity index (χ0v) is 23.4. The van der Waals surface area contributed by atoms with Crippen molar-refractivity contribution < 1.29 is 12.8 Å². The zero-order chi connectivity index (χ0) is 27.7. The molecule has 0 atom stereocenters. The van der Waals surface area contributed by atoms with E-state index in [2.05, 4.69) is 30.0 Å². The highest BCUT2D eigenvalue weighted by atomic mass is 35.5. The van der Waals surface area contributed by atoms with Crippen LogP contribution in [0.15, 0.2) is 66.0 Å². The van der Waals surface area contributed by atoms with Gasteiger partial charge in [0.25, 0.3) is 10.0 Å². The largest absolute Gasteiger partial charge is 0.357 e. The van der Waals surface area contributed by atoms with Gasteiger partial charge in [0.15, 0.2) is 5.82 Å². The monoisotopic (exact) mass is 601 g/mol. The van der Waals surface area contributed by atoms with Crippen molar-refractivity contribution in [2.24, 2.45) is 0 Å². The van der Waals surface area contributed by atoms with Crippen molar-refractivity contribution >= 4 is 56.2 Å². The summed E-state index contributed by atoms with van der Waals surface area (Å²) in [7, 11) is -2.64. The van der Waals surface area contributed by atoms with Crippen LogP contribution in [0.1, 0.15) is 5.82 Å². The third kappa shape index (κ3) is 5.41. The van der Waals surface area contributed by atoms with Crippen LogP contribution >= 0.6 is 34.5 Å². The first-order valence-corrected chi connectivity index (χ1v) is 14.3. The Hall–Kier alpha value is -3.71. The van der Waals surface area contributed by atoms with Gasteiger partial charge >= 0.3 is 0 Å². The van der Waals surface area contributed by atoms with Crippen LogP contribution in [0.4, 0.5) is 16.0 Å². The SMILES string of the molecule is CNc1nccc(-c2sc(-c3cnc(C)nc3)nc2-c2cccc(NS(=O)(=O)c3c(Cl)cccc3Cl)c2F)n1. The molecule has 198 valence electrons. The van der Waals surface area contributed by atoms with Crippen LogP contribution in [-0.4, -0.2) is 40.4 Å². The highest BCUT2D eigenvalue weighted by Gasteiger charge is 2.26. The summed E-state index contributed by atoms with van der Waals surface area (Å²) in [6, 6.07) is 10.3. The van der Waals surface area contributed by atoms with Crippen molar-refractivity contribution in [2.45, 2.75) is 11.8 Å². The van der Waals surface area contributed by atoms with Crippen molar-refractivity contribution in [2.75, 3.05) is 17.1 Å². The van der Waals surface area contributed by atoms with Crippen molar-refractivity contribution in [3.8, 4) is 32.4 Å². The van der Waals surface area contributed by atoms with Gasteiger partial charge in [0.05, 0.1) is 32.0 Å². The second-order valence-electron chi connectivity index (χ2n) is 8.05. The van der Waals surface area contributed by atoms with Gasteiger partial charge in [0.1, 0.15) is 15.7 Å². The van der Waals surface area contributed by atoms with Gasteiger partial charge in [-0.05, 0) is 37.3 Å². The van der Waals surface area contributed by atoms with Gasteiger partial charge in [-0.3, -0.25) is 4.72 Å². The van der Waals surface area contributed by atoms with Crippen molar-refractivity contribution in [1.82, 2.24) is 24.9 Å². The van der Waals surface area contributed by atoms with Gasteiger partial charge < -0.3 is 5.32 Å². The fourth-order valence-corrected chi connectivity index (χ4v) is 6.87. The zero-order valence-electron chi connectivity index (χ0n) is 20.3. The number of aryl methyl sites for hydroxylation is 1. The average molecular weight is 603 g/mol. The van der Waals surface area contributed by atoms with Gasteiger partial charge in [0, 0.05) is 36.8 Å². The first-order chi connectivity index (χ1) is 18.7. The van der Waals surface area contributed by atoms with Gasteiger partial charge in [-0.1, -0.05) is 35.3 Å². The minimum absolute atomic E-state index is 0.0515. The van der Waals surface area contributed by atoms with E-state index >= 15 is 4.39 Å². The minimum atomic E-state index is -4.33. The van der Waals surface area contributed by atoms with E-state index in [0.717, 1.165) is 0 Å². The molecule has 0 amide bonds. The van der Waals surface area contributed by atoms with Gasteiger partial charge in [-0.2, -0.15) is 0 Å². The molecule has 0 spiro atoms. The lowest BCUT2D eigenvalue weighted by molar-refractivity contribution is 0.599. The van der Waals surface area contributed by atoms with E-state index in [1.807, 2.05) is 0 Å². The van der Waals surface area contributed by atoms with E-state index in [1.54, 1.807) is 38.6 Å². The summed E-state index contributed by atoms with van der Waals surface area (Å²) in [5.41, 5.74) is 1.13. The fourth-order valence-electron chi connectivity index (χ4n) is 3.64. The molecule has 2 N–H and O–H groups in total. The van der Waals surface area contributed by atoms with Gasteiger partial charge in [0.2, 0.25) is 5.95 Å². The number of nitrogens with one attached hydrogen (secondary N) is 2. The summed E-state index contributed by atoms with van der Waals surface area (Å²) in [5, 5.41) is 3.22. The number of hydrogen-bond donors (Lipinski definition) is 2. The number of halogens is 3. The minimum Gasteiger partial charge on any atom is -0.357 e. The summed E-state index contributed by atoms with van der Waals surface area (Å²) in [6.07, 6.45) is 4.82. The molecule has 5 aromatic rings. The molecule has 0 unspecified atom stereocenters. The Kier molecular flexibility index (Phi) is 7.45. The molecule has 3 heterocycles. The normalized spacial score (nSPS) is 11.4. The molecular formula is C25H18Cl2FN7O2S2. The maximum Gasteiger partial charge on any atom is 0.264 e. The fraction of sp³-hybridized carbons (Fsp3) is 0.0800. The van der Waals surface area contributed by atoms with Crippen LogP contribution < -0.4 is 10.0 Å². The Balaban J connectivity index is 1.65. The maximum absolute atomic E-state index is 16.0. The standard InChI is InChI=1S/C25H18Cl2FN7O2S2/c1-13-31-11-14(12-32-13)24-34-21(22(38-24)19-9-10-30-25(29-2)33-19)15-5-3-8-18(20(15)28)35-39(36,37)23-16(26)6-4-7-17(23)27/h3-12,35H,1-2H3,(H,29,30,33). The predicted molar refractivity (Wildman–Crippen MR) is 151 cm³/mol. The number of nitrogens with zero attached hydrogens (tertiary/aromatic N) is 5. The molecule has 9 nitrogen and oxygen atoms in total. The van der Waals surface area contributed by atoms with Crippen LogP contribution in [0.5, 0.6) is 0 Å². The molecule has 0 radical (unpaired) electrons. The molecule has 5 rings (SSSR count). The number of anilines is 2. The van der Waals surface area contributed by atoms with Crippen LogP contribution in [0, 0.1) is 12.7 Å². The molecular weight excluding hydrogens is 584 g/mol. The van der Waals surface area contributed by atoms with E-state index < -0.39 is 15.8 Å². The number of hydrogen-bond acceptors (Lipinski definition) is 9. The topological polar surface area (TPSA) is 123 Å². The summed E-state index contributed by atoms with van der Waals surface area (Å²) >= 11 is 13.5. The molecule has 14 heteroatoms. The summed E-state index contributed by atoms with van der Waals surface area (Å²) in [5.74, 6) is 0.117. The van der Waals surface area contributed by atoms with Crippen LogP contribution in [0.2, 0.25) is 10.0 Å². The van der Waals surface area contributed by atoms with E-state index in [1.165, 1.54) is 47.7 Å². The summed E-state index contributed by atoms with van der Waals surface area (Å²) in [6.45, 7) is 1.76. The average Bonchev–Trinajstić information content (AvgIpc) is 3.35. The van der Waals surface area contributed by atoms with Gasteiger partial charge in [-0.15, -0.1) is 11.3 Å². The lowest BCUT2D eigenvalue weighted by Gasteiger charge is -2.13. The summed E-state index contributed by atoms with van der Waals surface area (Å²) < 4.78 is 44.5. The maximum atomic E-state index is 16.0. The molecule has 39 heavy (non-hydrogen) atoms. The van der Waals surface area contributed by atoms with Crippen molar-refractivity contribution in [3.63, 3.8) is 0 Å². The number of thiazole rings is 1. The second kappa shape index (κ2) is 10.8. The third-order valence-electron chi connectivity index (χ3n) is 5.45. The predicted octanol–water partition coefficient (Wildman–Crippen LogP) is 6.32. The molecule has 0 aliphatic rings. The first-order valence-electron chi connectivity index (χ1n) is 11.2. The molecule has 3 aromatic heterocycles. The molecule has 0 saturated carbocycles. The number of sulfonamides is 1. The van der Waals surface area contributed by atoms with E-state index in [9.17, 15) is 8.42 Å². The Morgan fingerprint density at radius 3 is 2.33 bits per heavy atom. The Bertz CT molecular complexity index is 1780. The lowest BCUT2D eigenvalue weighted by atomic mass is 10.1. The Labute approximate surface area is 237 Å². The molecule has 2 aromatic carbocycles. The van der Waals surface area contributed by atoms with Crippen LogP contribution in [0.25, 0.3) is 32.4 Å².